The Morgan fingerprint density at radius 3 is 2.75 bits per heavy atom. The number of aromatic nitrogens is 1. The first kappa shape index (κ1) is 16.4. The van der Waals surface area contributed by atoms with Gasteiger partial charge in [-0.15, -0.1) is 0 Å². The van der Waals surface area contributed by atoms with Gasteiger partial charge in [-0.25, -0.2) is 0 Å². The first-order valence-corrected chi connectivity index (χ1v) is 8.63. The number of aliphatic imine (C=N–C) groups is 1. The fourth-order valence-corrected chi connectivity index (χ4v) is 3.21. The van der Waals surface area contributed by atoms with E-state index in [1.165, 1.54) is 24.2 Å². The van der Waals surface area contributed by atoms with Gasteiger partial charge in [-0.1, -0.05) is 18.2 Å². The number of rotatable bonds is 4. The largest absolute Gasteiger partial charge is 0.369 e. The Kier molecular flexibility index (Phi) is 5.41. The van der Waals surface area contributed by atoms with Gasteiger partial charge in [0.25, 0.3) is 0 Å². The minimum absolute atomic E-state index is 0.415. The van der Waals surface area contributed by atoms with Crippen molar-refractivity contribution in [1.29, 1.82) is 0 Å². The van der Waals surface area contributed by atoms with Crippen molar-refractivity contribution in [3.05, 3.63) is 54.4 Å². The summed E-state index contributed by atoms with van der Waals surface area (Å²) in [5.74, 6) is 0.871. The second-order valence-electron chi connectivity index (χ2n) is 6.30. The van der Waals surface area contributed by atoms with Crippen LogP contribution in [0.3, 0.4) is 0 Å². The molecule has 128 valence electrons. The molecule has 24 heavy (non-hydrogen) atoms. The molecule has 5 heteroatoms. The van der Waals surface area contributed by atoms with Crippen LogP contribution in [0.2, 0.25) is 0 Å². The third-order valence-electron chi connectivity index (χ3n) is 4.60. The van der Waals surface area contributed by atoms with E-state index < -0.39 is 0 Å². The Labute approximate surface area is 144 Å². The van der Waals surface area contributed by atoms with Crippen molar-refractivity contribution in [1.82, 2.24) is 15.2 Å². The van der Waals surface area contributed by atoms with E-state index in [1.54, 1.807) is 0 Å². The van der Waals surface area contributed by atoms with Crippen molar-refractivity contribution in [2.24, 2.45) is 12.0 Å². The Morgan fingerprint density at radius 1 is 1.21 bits per heavy atom. The lowest BCUT2D eigenvalue weighted by atomic mass is 10.1. The molecule has 0 aliphatic carbocycles. The maximum Gasteiger partial charge on any atom is 0.191 e. The molecule has 1 aliphatic rings. The van der Waals surface area contributed by atoms with Gasteiger partial charge in [-0.3, -0.25) is 4.99 Å². The summed E-state index contributed by atoms with van der Waals surface area (Å²) in [7, 11) is 3.89. The number of para-hydroxylation sites is 1. The zero-order valence-corrected chi connectivity index (χ0v) is 14.6. The number of benzene rings is 1. The summed E-state index contributed by atoms with van der Waals surface area (Å²) in [5, 5.41) is 6.99. The van der Waals surface area contributed by atoms with Gasteiger partial charge in [0, 0.05) is 50.8 Å². The monoisotopic (exact) mass is 325 g/mol. The van der Waals surface area contributed by atoms with Gasteiger partial charge < -0.3 is 20.1 Å². The molecule has 3 rings (SSSR count). The van der Waals surface area contributed by atoms with Gasteiger partial charge in [0.1, 0.15) is 0 Å². The number of guanidine groups is 1. The van der Waals surface area contributed by atoms with Crippen LogP contribution in [-0.2, 0) is 13.6 Å². The predicted molar refractivity (Wildman–Crippen MR) is 100 cm³/mol. The summed E-state index contributed by atoms with van der Waals surface area (Å²) in [4.78, 5) is 6.83. The number of aryl methyl sites for hydroxylation is 1. The fourth-order valence-electron chi connectivity index (χ4n) is 3.21. The second-order valence-corrected chi connectivity index (χ2v) is 6.30. The van der Waals surface area contributed by atoms with E-state index in [-0.39, 0.29) is 0 Å². The minimum Gasteiger partial charge on any atom is -0.369 e. The zero-order valence-electron chi connectivity index (χ0n) is 14.6. The highest BCUT2D eigenvalue weighted by molar-refractivity contribution is 5.80. The van der Waals surface area contributed by atoms with E-state index in [0.717, 1.165) is 25.6 Å². The van der Waals surface area contributed by atoms with E-state index >= 15 is 0 Å². The van der Waals surface area contributed by atoms with Crippen molar-refractivity contribution in [2.75, 3.05) is 25.0 Å². The Balaban J connectivity index is 1.54. The molecule has 0 bridgehead atoms. The Morgan fingerprint density at radius 2 is 2.04 bits per heavy atom. The quantitative estimate of drug-likeness (QED) is 0.670. The molecule has 0 radical (unpaired) electrons. The SMILES string of the molecule is CN=C(NCc1cccn1C)NC1CCCN(c2ccccc2)C1. The molecule has 5 nitrogen and oxygen atoms in total. The highest BCUT2D eigenvalue weighted by Crippen LogP contribution is 2.19. The standard InChI is InChI=1S/C19H27N5/c1-20-19(21-14-18-11-7-12-23(18)2)22-16-8-6-13-24(15-16)17-9-4-3-5-10-17/h3-5,7,9-12,16H,6,8,13-15H2,1-2H3,(H2,20,21,22). The summed E-state index contributed by atoms with van der Waals surface area (Å²) in [5.41, 5.74) is 2.54. The van der Waals surface area contributed by atoms with Gasteiger partial charge in [-0.2, -0.15) is 0 Å². The van der Waals surface area contributed by atoms with Crippen LogP contribution in [0, 0.1) is 0 Å². The molecule has 0 spiro atoms. The van der Waals surface area contributed by atoms with E-state index in [1.807, 2.05) is 7.05 Å². The number of nitrogens with zero attached hydrogens (tertiary/aromatic N) is 3. The zero-order chi connectivity index (χ0) is 16.8. The Hall–Kier alpha value is -2.43. The maximum absolute atomic E-state index is 4.38. The molecule has 1 aromatic carbocycles. The number of anilines is 1. The van der Waals surface area contributed by atoms with Gasteiger partial charge in [-0.05, 0) is 37.1 Å². The lowest BCUT2D eigenvalue weighted by Gasteiger charge is -2.35. The Bertz CT molecular complexity index is 661. The highest BCUT2D eigenvalue weighted by atomic mass is 15.2. The lowest BCUT2D eigenvalue weighted by Crippen LogP contribution is -2.51. The molecule has 0 amide bonds. The topological polar surface area (TPSA) is 44.6 Å². The molecule has 2 aromatic rings. The van der Waals surface area contributed by atoms with E-state index in [4.69, 9.17) is 0 Å². The van der Waals surface area contributed by atoms with Gasteiger partial charge in [0.15, 0.2) is 5.96 Å². The van der Waals surface area contributed by atoms with Gasteiger partial charge >= 0.3 is 0 Å². The molecule has 2 heterocycles. The summed E-state index contributed by atoms with van der Waals surface area (Å²) >= 11 is 0. The third kappa shape index (κ3) is 4.10. The third-order valence-corrected chi connectivity index (χ3v) is 4.60. The van der Waals surface area contributed by atoms with Gasteiger partial charge in [0.05, 0.1) is 6.54 Å². The summed E-state index contributed by atoms with van der Waals surface area (Å²) < 4.78 is 2.12. The van der Waals surface area contributed by atoms with Crippen LogP contribution in [0.25, 0.3) is 0 Å². The van der Waals surface area contributed by atoms with E-state index in [0.29, 0.717) is 6.04 Å². The van der Waals surface area contributed by atoms with Crippen LogP contribution in [0.1, 0.15) is 18.5 Å². The van der Waals surface area contributed by atoms with Gasteiger partial charge in [0.2, 0.25) is 0 Å². The first-order chi connectivity index (χ1) is 11.8. The van der Waals surface area contributed by atoms with Crippen molar-refractivity contribution in [3.8, 4) is 0 Å². The number of piperidine rings is 1. The average Bonchev–Trinajstić information content (AvgIpc) is 3.04. The van der Waals surface area contributed by atoms with Crippen molar-refractivity contribution in [2.45, 2.75) is 25.4 Å². The molecule has 1 atom stereocenters. The maximum atomic E-state index is 4.38. The smallest absolute Gasteiger partial charge is 0.191 e. The number of hydrogen-bond acceptors (Lipinski definition) is 2. The summed E-state index contributed by atoms with van der Waals surface area (Å²) in [6.45, 7) is 2.91. The molecule has 0 saturated carbocycles. The van der Waals surface area contributed by atoms with Crippen molar-refractivity contribution in [3.63, 3.8) is 0 Å². The number of nitrogens with one attached hydrogen (secondary N) is 2. The molecule has 1 unspecified atom stereocenters. The predicted octanol–water partition coefficient (Wildman–Crippen LogP) is 2.36. The van der Waals surface area contributed by atoms with E-state index in [2.05, 4.69) is 80.8 Å². The second kappa shape index (κ2) is 7.90. The van der Waals surface area contributed by atoms with E-state index in [9.17, 15) is 0 Å². The summed E-state index contributed by atoms with van der Waals surface area (Å²) in [6, 6.07) is 15.2. The van der Waals surface area contributed by atoms with Crippen molar-refractivity contribution >= 4 is 11.6 Å². The van der Waals surface area contributed by atoms with Crippen LogP contribution in [0.5, 0.6) is 0 Å². The minimum atomic E-state index is 0.415. The van der Waals surface area contributed by atoms with Crippen LogP contribution < -0.4 is 15.5 Å². The number of hydrogen-bond donors (Lipinski definition) is 2. The summed E-state index contributed by atoms with van der Waals surface area (Å²) in [6.07, 6.45) is 4.43. The van der Waals surface area contributed by atoms with Crippen LogP contribution in [-0.4, -0.2) is 36.7 Å². The molecule has 1 aliphatic heterocycles. The normalized spacial score (nSPS) is 18.5. The lowest BCUT2D eigenvalue weighted by molar-refractivity contribution is 0.467. The molecular weight excluding hydrogens is 298 g/mol. The molecule has 1 aromatic heterocycles. The van der Waals surface area contributed by atoms with Crippen LogP contribution in [0.15, 0.2) is 53.7 Å². The molecule has 1 fully saturated rings. The van der Waals surface area contributed by atoms with Crippen LogP contribution in [0.4, 0.5) is 5.69 Å². The molecular formula is C19H27N5. The van der Waals surface area contributed by atoms with Crippen molar-refractivity contribution < 1.29 is 0 Å². The van der Waals surface area contributed by atoms with Crippen LogP contribution >= 0.6 is 0 Å². The highest BCUT2D eigenvalue weighted by Gasteiger charge is 2.20. The average molecular weight is 325 g/mol. The fraction of sp³-hybridized carbons (Fsp3) is 0.421. The molecule has 1 saturated heterocycles. The molecule has 2 N–H and O–H groups in total. The first-order valence-electron chi connectivity index (χ1n) is 8.63.